The standard InChI is InChI=1S/2C17H13NO5S.C6H14N2.Pt/c2*19-16-10-14(24(21,22)23)9-12-8-13(6-7-15(12)16)18-17(20)11-4-2-1-3-5-11;7-5-3-1-2-4-6(5)8;/h2*1-10,19H,(H,18,20)(H,21,22,23);5-6H,1-4,7-8H2;/q;;;+4/p-2. The molecule has 0 saturated heterocycles. The van der Waals surface area contributed by atoms with E-state index in [-0.39, 0.29) is 56.5 Å². The van der Waals surface area contributed by atoms with Crippen LogP contribution in [0.3, 0.4) is 0 Å². The van der Waals surface area contributed by atoms with Crippen molar-refractivity contribution >= 4 is 65.0 Å². The number of carbonyl (C=O) groups excluding carboxylic acids is 2. The molecule has 14 nitrogen and oxygen atoms in total. The van der Waals surface area contributed by atoms with Gasteiger partial charge < -0.3 is 41.4 Å². The van der Waals surface area contributed by atoms with E-state index >= 15 is 0 Å². The molecule has 2 unspecified atom stereocenters. The van der Waals surface area contributed by atoms with E-state index in [9.17, 15) is 45.7 Å². The number of carbonyl (C=O) groups is 2. The second-order valence-corrected chi connectivity index (χ2v) is 15.7. The molecule has 0 aliphatic heterocycles. The van der Waals surface area contributed by atoms with Crippen LogP contribution in [-0.2, 0) is 41.3 Å². The Morgan fingerprint density at radius 2 is 0.912 bits per heavy atom. The Morgan fingerprint density at radius 1 is 0.561 bits per heavy atom. The summed E-state index contributed by atoms with van der Waals surface area (Å²) in [6.45, 7) is 0. The van der Waals surface area contributed by atoms with Crippen molar-refractivity contribution in [3.05, 3.63) is 132 Å². The SMILES string of the molecule is NC1CCCCC1N.O=C(Nc1ccc2c(O)cc(S(=O)(=O)[O-])cc2c1)c1ccccc1.O=C(Nc1ccc2c(O)cc(S(=O)(=O)[O-])cc2c1)c1ccccc1.[Pt+4]. The second kappa shape index (κ2) is 19.3. The molecule has 57 heavy (non-hydrogen) atoms. The molecule has 6 aromatic rings. The first-order chi connectivity index (χ1) is 26.5. The molecular formula is C40H38N4O10PtS2+2. The Bertz CT molecular complexity index is 2420. The maximum atomic E-state index is 12.1. The third-order valence-electron chi connectivity index (χ3n) is 8.85. The number of nitrogens with one attached hydrogen (secondary N) is 2. The second-order valence-electron chi connectivity index (χ2n) is 12.9. The van der Waals surface area contributed by atoms with Gasteiger partial charge in [-0.3, -0.25) is 9.59 Å². The van der Waals surface area contributed by atoms with Gasteiger partial charge in [-0.05, 0) is 109 Å². The van der Waals surface area contributed by atoms with Crippen LogP contribution in [-0.4, -0.2) is 60.1 Å². The number of rotatable bonds is 6. The van der Waals surface area contributed by atoms with Crippen LogP contribution in [0.25, 0.3) is 21.5 Å². The van der Waals surface area contributed by atoms with Crippen molar-refractivity contribution in [3.63, 3.8) is 0 Å². The minimum atomic E-state index is -4.69. The molecule has 2 amide bonds. The summed E-state index contributed by atoms with van der Waals surface area (Å²) in [6, 6.07) is 31.1. The summed E-state index contributed by atoms with van der Waals surface area (Å²) >= 11 is 0. The van der Waals surface area contributed by atoms with Crippen molar-refractivity contribution in [1.29, 1.82) is 0 Å². The summed E-state index contributed by atoms with van der Waals surface area (Å²) in [7, 11) is -9.39. The first-order valence-corrected chi connectivity index (χ1v) is 20.0. The number of hydrogen-bond acceptors (Lipinski definition) is 12. The molecule has 1 aliphatic rings. The van der Waals surface area contributed by atoms with E-state index in [1.165, 1.54) is 37.1 Å². The fourth-order valence-corrected chi connectivity index (χ4v) is 6.92. The van der Waals surface area contributed by atoms with Crippen molar-refractivity contribution in [2.24, 2.45) is 11.5 Å². The molecule has 6 aromatic carbocycles. The molecule has 0 heterocycles. The Labute approximate surface area is 343 Å². The van der Waals surface area contributed by atoms with Crippen molar-refractivity contribution in [3.8, 4) is 11.5 Å². The summed E-state index contributed by atoms with van der Waals surface area (Å²) < 4.78 is 66.8. The molecule has 0 radical (unpaired) electrons. The summed E-state index contributed by atoms with van der Waals surface area (Å²) in [4.78, 5) is 23.2. The van der Waals surface area contributed by atoms with Gasteiger partial charge in [0.1, 0.15) is 31.7 Å². The van der Waals surface area contributed by atoms with Crippen LogP contribution in [0.15, 0.2) is 131 Å². The number of aromatic hydroxyl groups is 2. The van der Waals surface area contributed by atoms with E-state index in [0.29, 0.717) is 44.0 Å². The van der Waals surface area contributed by atoms with Gasteiger partial charge in [0.2, 0.25) is 0 Å². The van der Waals surface area contributed by atoms with E-state index < -0.39 is 30.0 Å². The van der Waals surface area contributed by atoms with Crippen molar-refractivity contribution in [2.45, 2.75) is 47.6 Å². The van der Waals surface area contributed by atoms with Crippen LogP contribution in [0.2, 0.25) is 0 Å². The quantitative estimate of drug-likeness (QED) is 0.111. The Balaban J connectivity index is 0.000000209. The number of hydrogen-bond donors (Lipinski definition) is 6. The van der Waals surface area contributed by atoms with E-state index in [2.05, 4.69) is 10.6 Å². The van der Waals surface area contributed by atoms with Crippen molar-refractivity contribution in [2.75, 3.05) is 10.6 Å². The molecular weight excluding hydrogens is 956 g/mol. The largest absolute Gasteiger partial charge is 4.00 e. The molecule has 7 rings (SSSR count). The fraction of sp³-hybridized carbons (Fsp3) is 0.150. The number of anilines is 2. The zero-order chi connectivity index (χ0) is 40.6. The van der Waals surface area contributed by atoms with Gasteiger partial charge in [-0.25, -0.2) is 16.8 Å². The van der Waals surface area contributed by atoms with Crippen molar-refractivity contribution in [1.82, 2.24) is 0 Å². The van der Waals surface area contributed by atoms with Gasteiger partial charge in [0.25, 0.3) is 11.8 Å². The maximum absolute atomic E-state index is 12.1. The Hall–Kier alpha value is -5.19. The van der Waals surface area contributed by atoms with Gasteiger partial charge in [-0.1, -0.05) is 49.2 Å². The van der Waals surface area contributed by atoms with Gasteiger partial charge in [0.05, 0.1) is 9.79 Å². The Kier molecular flexibility index (Phi) is 15.1. The first kappa shape index (κ1) is 44.5. The number of amides is 2. The number of phenolic OH excluding ortho intramolecular Hbond substituents is 2. The maximum Gasteiger partial charge on any atom is 4.00 e. The first-order valence-electron chi connectivity index (χ1n) is 17.2. The van der Waals surface area contributed by atoms with Gasteiger partial charge in [0, 0.05) is 45.4 Å². The molecule has 8 N–H and O–H groups in total. The van der Waals surface area contributed by atoms with E-state index in [1.807, 2.05) is 0 Å². The minimum Gasteiger partial charge on any atom is -0.744 e. The zero-order valence-electron chi connectivity index (χ0n) is 30.0. The van der Waals surface area contributed by atoms with Crippen LogP contribution in [0.4, 0.5) is 11.4 Å². The summed E-state index contributed by atoms with van der Waals surface area (Å²) in [6.07, 6.45) is 4.80. The smallest absolute Gasteiger partial charge is 0.744 e. The molecule has 0 aromatic heterocycles. The number of phenols is 2. The fourth-order valence-electron chi connectivity index (χ4n) is 5.86. The average Bonchev–Trinajstić information content (AvgIpc) is 3.16. The van der Waals surface area contributed by atoms with Gasteiger partial charge in [-0.15, -0.1) is 0 Å². The van der Waals surface area contributed by atoms with Crippen LogP contribution >= 0.6 is 0 Å². The summed E-state index contributed by atoms with van der Waals surface area (Å²) in [5.41, 5.74) is 13.1. The van der Waals surface area contributed by atoms with E-state index in [1.54, 1.807) is 72.8 Å². The molecule has 0 bridgehead atoms. The topological polar surface area (TPSA) is 265 Å². The monoisotopic (exact) mass is 993 g/mol. The number of nitrogens with two attached hydrogens (primary N) is 2. The van der Waals surface area contributed by atoms with Gasteiger partial charge in [0.15, 0.2) is 0 Å². The van der Waals surface area contributed by atoms with Crippen LogP contribution in [0.5, 0.6) is 11.5 Å². The molecule has 0 spiro atoms. The van der Waals surface area contributed by atoms with E-state index in [4.69, 9.17) is 11.5 Å². The number of benzene rings is 6. The molecule has 298 valence electrons. The Morgan fingerprint density at radius 3 is 1.23 bits per heavy atom. The van der Waals surface area contributed by atoms with Crippen molar-refractivity contribution < 1.29 is 66.8 Å². The molecule has 1 saturated carbocycles. The van der Waals surface area contributed by atoms with Gasteiger partial charge >= 0.3 is 21.1 Å². The number of fused-ring (bicyclic) bond motifs is 2. The van der Waals surface area contributed by atoms with Crippen LogP contribution < -0.4 is 22.1 Å². The van der Waals surface area contributed by atoms with E-state index in [0.717, 1.165) is 37.1 Å². The molecule has 2 atom stereocenters. The van der Waals surface area contributed by atoms with Crippen LogP contribution in [0.1, 0.15) is 46.4 Å². The molecule has 1 aliphatic carbocycles. The molecule has 17 heteroatoms. The third kappa shape index (κ3) is 12.2. The summed E-state index contributed by atoms with van der Waals surface area (Å²) in [5, 5.41) is 26.5. The zero-order valence-corrected chi connectivity index (χ0v) is 33.9. The minimum absolute atomic E-state index is 0. The molecule has 1 fully saturated rings. The van der Waals surface area contributed by atoms with Crippen LogP contribution in [0, 0.1) is 0 Å². The summed E-state index contributed by atoms with van der Waals surface area (Å²) in [5.74, 6) is -1.29. The predicted molar refractivity (Wildman–Crippen MR) is 210 cm³/mol. The predicted octanol–water partition coefficient (Wildman–Crippen LogP) is 5.62. The average molecular weight is 994 g/mol. The normalized spacial score (nSPS) is 15.2. The third-order valence-corrected chi connectivity index (χ3v) is 10.5. The van der Waals surface area contributed by atoms with Gasteiger partial charge in [-0.2, -0.15) is 0 Å².